The number of amides is 1. The number of benzene rings is 2. The fourth-order valence-electron chi connectivity index (χ4n) is 5.12. The van der Waals surface area contributed by atoms with Gasteiger partial charge in [-0.1, -0.05) is 24.0 Å². The third-order valence-electron chi connectivity index (χ3n) is 7.80. The first-order chi connectivity index (χ1) is 21.8. The Balaban J connectivity index is 1.18. The smallest absolute Gasteiger partial charge is 0.255 e. The van der Waals surface area contributed by atoms with Gasteiger partial charge in [-0.3, -0.25) is 14.4 Å². The summed E-state index contributed by atoms with van der Waals surface area (Å²) in [6.07, 6.45) is 8.84. The van der Waals surface area contributed by atoms with Gasteiger partial charge in [0, 0.05) is 86.9 Å². The second-order valence-corrected chi connectivity index (χ2v) is 11.4. The van der Waals surface area contributed by atoms with Gasteiger partial charge in [0.25, 0.3) is 5.91 Å². The SMILES string of the molecule is COCCCn1cc(Nc2ncc(C#Cc3cc(C(=O)Nc4ccc(CN5CC[C@H](N(C)C)C5)c(F)c4)ccc3C)cn2)cn1. The number of aromatic nitrogens is 4. The molecule has 0 saturated carbocycles. The van der Waals surface area contributed by atoms with E-state index in [4.69, 9.17) is 4.74 Å². The third-order valence-corrected chi connectivity index (χ3v) is 7.80. The number of nitrogens with zero attached hydrogens (tertiary/aromatic N) is 6. The quantitative estimate of drug-likeness (QED) is 0.187. The fourth-order valence-corrected chi connectivity index (χ4v) is 5.12. The number of likely N-dealkylation sites (tertiary alicyclic amines) is 1. The first kappa shape index (κ1) is 31.8. The fraction of sp³-hybridized carbons (Fsp3) is 0.353. The number of likely N-dealkylation sites (N-methyl/N-ethyl adjacent to an activating group) is 1. The number of anilines is 3. The van der Waals surface area contributed by atoms with E-state index >= 15 is 0 Å². The van der Waals surface area contributed by atoms with E-state index in [9.17, 15) is 9.18 Å². The lowest BCUT2D eigenvalue weighted by Gasteiger charge is -2.20. The van der Waals surface area contributed by atoms with Gasteiger partial charge in [-0.15, -0.1) is 0 Å². The number of carbonyl (C=O) groups is 1. The van der Waals surface area contributed by atoms with Gasteiger partial charge in [0.2, 0.25) is 5.95 Å². The molecule has 0 radical (unpaired) electrons. The number of ether oxygens (including phenoxy) is 1. The lowest BCUT2D eigenvalue weighted by Crippen LogP contribution is -2.31. The number of hydrogen-bond acceptors (Lipinski definition) is 8. The Hall–Kier alpha value is -4.63. The first-order valence-electron chi connectivity index (χ1n) is 15.0. The Morgan fingerprint density at radius 3 is 2.67 bits per heavy atom. The summed E-state index contributed by atoms with van der Waals surface area (Å²) in [6, 6.07) is 10.7. The normalized spacial score (nSPS) is 14.8. The summed E-state index contributed by atoms with van der Waals surface area (Å²) < 4.78 is 21.9. The van der Waals surface area contributed by atoms with Crippen LogP contribution < -0.4 is 10.6 Å². The summed E-state index contributed by atoms with van der Waals surface area (Å²) in [4.78, 5) is 26.2. The van der Waals surface area contributed by atoms with E-state index in [1.165, 1.54) is 6.07 Å². The highest BCUT2D eigenvalue weighted by atomic mass is 19.1. The van der Waals surface area contributed by atoms with Gasteiger partial charge in [-0.05, 0) is 63.7 Å². The molecule has 1 amide bonds. The average molecular weight is 611 g/mol. The van der Waals surface area contributed by atoms with Gasteiger partial charge in [-0.2, -0.15) is 5.10 Å². The second kappa shape index (κ2) is 14.9. The minimum absolute atomic E-state index is 0.326. The second-order valence-electron chi connectivity index (χ2n) is 11.4. The highest BCUT2D eigenvalue weighted by Crippen LogP contribution is 2.21. The molecule has 11 heteroatoms. The summed E-state index contributed by atoms with van der Waals surface area (Å²) in [5.41, 5.74) is 4.51. The van der Waals surface area contributed by atoms with Crippen LogP contribution in [0.1, 0.15) is 45.5 Å². The molecule has 1 fully saturated rings. The van der Waals surface area contributed by atoms with Crippen LogP contribution in [-0.4, -0.2) is 82.4 Å². The topological polar surface area (TPSA) is 100 Å². The van der Waals surface area contributed by atoms with Crippen molar-refractivity contribution in [3.05, 3.63) is 94.8 Å². The van der Waals surface area contributed by atoms with Gasteiger partial charge in [-0.25, -0.2) is 14.4 Å². The van der Waals surface area contributed by atoms with E-state index in [2.05, 4.69) is 61.4 Å². The van der Waals surface area contributed by atoms with Crippen molar-refractivity contribution < 1.29 is 13.9 Å². The van der Waals surface area contributed by atoms with Crippen LogP contribution in [0.3, 0.4) is 0 Å². The number of hydrogen-bond donors (Lipinski definition) is 2. The number of carbonyl (C=O) groups excluding carboxylic acids is 1. The molecule has 2 aromatic carbocycles. The highest BCUT2D eigenvalue weighted by Gasteiger charge is 2.24. The summed E-state index contributed by atoms with van der Waals surface area (Å²) in [5, 5.41) is 10.3. The van der Waals surface area contributed by atoms with E-state index in [-0.39, 0.29) is 11.7 Å². The number of rotatable bonds is 11. The minimum Gasteiger partial charge on any atom is -0.385 e. The van der Waals surface area contributed by atoms with Crippen molar-refractivity contribution in [1.82, 2.24) is 29.5 Å². The zero-order valence-electron chi connectivity index (χ0n) is 26.2. The van der Waals surface area contributed by atoms with E-state index in [0.29, 0.717) is 53.1 Å². The van der Waals surface area contributed by atoms with Crippen LogP contribution in [0.15, 0.2) is 61.2 Å². The highest BCUT2D eigenvalue weighted by molar-refractivity contribution is 6.04. The molecular formula is C34H39FN8O2. The third kappa shape index (κ3) is 8.73. The lowest BCUT2D eigenvalue weighted by atomic mass is 10.0. The Morgan fingerprint density at radius 1 is 1.11 bits per heavy atom. The lowest BCUT2D eigenvalue weighted by molar-refractivity contribution is 0.102. The van der Waals surface area contributed by atoms with Crippen LogP contribution >= 0.6 is 0 Å². The Labute approximate surface area is 263 Å². The maximum Gasteiger partial charge on any atom is 0.255 e. The Kier molecular flexibility index (Phi) is 10.5. The predicted octanol–water partition coefficient (Wildman–Crippen LogP) is 4.69. The Bertz CT molecular complexity index is 1680. The van der Waals surface area contributed by atoms with Gasteiger partial charge in [0.05, 0.1) is 17.4 Å². The van der Waals surface area contributed by atoms with Crippen molar-refractivity contribution in [1.29, 1.82) is 0 Å². The van der Waals surface area contributed by atoms with Crippen molar-refractivity contribution in [2.75, 3.05) is 51.5 Å². The van der Waals surface area contributed by atoms with E-state index in [1.807, 2.05) is 23.9 Å². The monoisotopic (exact) mass is 610 g/mol. The summed E-state index contributed by atoms with van der Waals surface area (Å²) in [6.45, 7) is 5.78. The molecule has 2 aromatic heterocycles. The molecule has 1 saturated heterocycles. The van der Waals surface area contributed by atoms with Gasteiger partial charge in [0.15, 0.2) is 0 Å². The molecule has 1 aliphatic rings. The van der Waals surface area contributed by atoms with Crippen LogP contribution in [0.2, 0.25) is 0 Å². The van der Waals surface area contributed by atoms with Crippen molar-refractivity contribution in [2.24, 2.45) is 0 Å². The van der Waals surface area contributed by atoms with Crippen LogP contribution in [0.4, 0.5) is 21.7 Å². The van der Waals surface area contributed by atoms with Crippen molar-refractivity contribution in [3.8, 4) is 11.8 Å². The molecule has 2 N–H and O–H groups in total. The molecule has 10 nitrogen and oxygen atoms in total. The molecular weight excluding hydrogens is 571 g/mol. The van der Waals surface area contributed by atoms with E-state index < -0.39 is 0 Å². The molecule has 45 heavy (non-hydrogen) atoms. The minimum atomic E-state index is -0.334. The van der Waals surface area contributed by atoms with Crippen LogP contribution in [0.25, 0.3) is 0 Å². The molecule has 0 bridgehead atoms. The molecule has 5 rings (SSSR count). The zero-order valence-corrected chi connectivity index (χ0v) is 26.2. The molecule has 1 atom stereocenters. The van der Waals surface area contributed by atoms with Gasteiger partial charge >= 0.3 is 0 Å². The number of nitrogens with one attached hydrogen (secondary N) is 2. The average Bonchev–Trinajstić information content (AvgIpc) is 3.69. The summed E-state index contributed by atoms with van der Waals surface area (Å²) >= 11 is 0. The number of aryl methyl sites for hydroxylation is 2. The molecule has 0 aliphatic carbocycles. The predicted molar refractivity (Wildman–Crippen MR) is 173 cm³/mol. The molecule has 0 spiro atoms. The maximum atomic E-state index is 14.9. The Morgan fingerprint density at radius 2 is 1.93 bits per heavy atom. The van der Waals surface area contributed by atoms with Crippen molar-refractivity contribution in [2.45, 2.75) is 38.9 Å². The summed E-state index contributed by atoms with van der Waals surface area (Å²) in [5.74, 6) is 5.97. The molecule has 0 unspecified atom stereocenters. The summed E-state index contributed by atoms with van der Waals surface area (Å²) in [7, 11) is 5.83. The number of halogens is 1. The zero-order chi connectivity index (χ0) is 31.8. The van der Waals surface area contributed by atoms with E-state index in [0.717, 1.165) is 43.7 Å². The standard InChI is InChI=1S/C34H39FN8O2/c1-24-6-8-27(33(44)39-29-11-10-28(32(35)17-29)21-42-14-12-31(23-42)41(2)3)16-26(24)9-7-25-18-36-34(37-19-25)40-30-20-38-43(22-30)13-5-15-45-4/h6,8,10-11,16-20,22,31H,5,12-15,21,23H2,1-4H3,(H,39,44)(H,36,37,40)/t31-/m0/s1. The number of methoxy groups -OCH3 is 1. The molecule has 3 heterocycles. The van der Waals surface area contributed by atoms with E-state index in [1.54, 1.807) is 50.0 Å². The van der Waals surface area contributed by atoms with Gasteiger partial charge < -0.3 is 20.3 Å². The molecule has 234 valence electrons. The van der Waals surface area contributed by atoms with Crippen molar-refractivity contribution >= 4 is 23.2 Å². The molecule has 1 aliphatic heterocycles. The van der Waals surface area contributed by atoms with Crippen LogP contribution in [0.5, 0.6) is 0 Å². The first-order valence-corrected chi connectivity index (χ1v) is 15.0. The maximum absolute atomic E-state index is 14.9. The van der Waals surface area contributed by atoms with Crippen LogP contribution in [0, 0.1) is 24.6 Å². The largest absolute Gasteiger partial charge is 0.385 e. The van der Waals surface area contributed by atoms with Crippen LogP contribution in [-0.2, 0) is 17.8 Å². The van der Waals surface area contributed by atoms with Crippen molar-refractivity contribution in [3.63, 3.8) is 0 Å². The van der Waals surface area contributed by atoms with Gasteiger partial charge in [0.1, 0.15) is 5.82 Å². The molecule has 4 aromatic rings.